The van der Waals surface area contributed by atoms with Crippen LogP contribution in [0.25, 0.3) is 21.5 Å². The molecule has 0 unspecified atom stereocenters. The van der Waals surface area contributed by atoms with Gasteiger partial charge in [-0.05, 0) is 0 Å². The van der Waals surface area contributed by atoms with Gasteiger partial charge in [-0.15, -0.1) is 0 Å². The van der Waals surface area contributed by atoms with Crippen molar-refractivity contribution in [3.8, 4) is 23.9 Å². The lowest BCUT2D eigenvalue weighted by Gasteiger charge is -2.20. The molecule has 0 radical (unpaired) electrons. The molecular weight excluding hydrogens is 690 g/mol. The number of aliphatic imine (C=N–C) groups is 2. The van der Waals surface area contributed by atoms with Crippen LogP contribution in [-0.2, 0) is 0 Å². The molecule has 0 spiro atoms. The summed E-state index contributed by atoms with van der Waals surface area (Å²) in [5.41, 5.74) is -2.10. The summed E-state index contributed by atoms with van der Waals surface area (Å²) in [6.07, 6.45) is 2.79. The molecule has 4 aromatic rings. The summed E-state index contributed by atoms with van der Waals surface area (Å²) < 4.78 is 211. The first-order chi connectivity index (χ1) is 22.6. The zero-order valence-electron chi connectivity index (χ0n) is 22.1. The van der Waals surface area contributed by atoms with Crippen LogP contribution < -0.4 is 9.47 Å². The summed E-state index contributed by atoms with van der Waals surface area (Å²) in [5.74, 6) is -41.9. The number of hydrogen-bond donors (Lipinski definition) is 0. The van der Waals surface area contributed by atoms with E-state index in [2.05, 4.69) is 9.98 Å². The largest absolute Gasteiger partial charge is 0.449 e. The summed E-state index contributed by atoms with van der Waals surface area (Å²) in [6.45, 7) is 0. The third-order valence-electron chi connectivity index (χ3n) is 6.40. The van der Waals surface area contributed by atoms with E-state index in [1.807, 2.05) is 0 Å². The number of halogens is 14. The van der Waals surface area contributed by atoms with Gasteiger partial charge in [-0.25, -0.2) is 52.7 Å². The molecular formula is C28H2F14N4O2. The minimum Gasteiger partial charge on any atom is -0.449 e. The first-order valence-corrected chi connectivity index (χ1v) is 12.0. The molecule has 20 heteroatoms. The van der Waals surface area contributed by atoms with Crippen LogP contribution in [0.3, 0.4) is 0 Å². The summed E-state index contributed by atoms with van der Waals surface area (Å²) in [4.78, 5) is 6.20. The van der Waals surface area contributed by atoms with Crippen LogP contribution in [0, 0.1) is 104 Å². The minimum absolute atomic E-state index is 0.306. The van der Waals surface area contributed by atoms with E-state index in [-0.39, 0.29) is 0 Å². The lowest BCUT2D eigenvalue weighted by molar-refractivity contribution is 0.364. The Hall–Kier alpha value is -6.18. The number of allylic oxidation sites excluding steroid dienone is 2. The Balaban J connectivity index is 1.67. The molecule has 5 rings (SSSR count). The van der Waals surface area contributed by atoms with E-state index < -0.39 is 137 Å². The van der Waals surface area contributed by atoms with Crippen molar-refractivity contribution < 1.29 is 70.9 Å². The van der Waals surface area contributed by atoms with Crippen molar-refractivity contribution in [1.82, 2.24) is 0 Å². The topological polar surface area (TPSA) is 90.8 Å². The number of nitrogens with zero attached hydrogens (tertiary/aromatic N) is 4. The van der Waals surface area contributed by atoms with E-state index >= 15 is 8.78 Å². The monoisotopic (exact) mass is 692 g/mol. The highest BCUT2D eigenvalue weighted by atomic mass is 19.2. The van der Waals surface area contributed by atoms with Crippen molar-refractivity contribution in [1.29, 1.82) is 10.5 Å². The molecule has 0 atom stereocenters. The van der Waals surface area contributed by atoms with Crippen molar-refractivity contribution >= 4 is 33.0 Å². The van der Waals surface area contributed by atoms with Gasteiger partial charge in [0.25, 0.3) is 0 Å². The van der Waals surface area contributed by atoms with Crippen molar-refractivity contribution in [3.05, 3.63) is 105 Å². The number of ether oxygens (including phenoxy) is 2. The highest BCUT2D eigenvalue weighted by Gasteiger charge is 2.35. The second-order valence-electron chi connectivity index (χ2n) is 8.97. The Morgan fingerprint density at radius 2 is 0.625 bits per heavy atom. The van der Waals surface area contributed by atoms with E-state index in [1.54, 1.807) is 0 Å². The molecule has 0 heterocycles. The third-order valence-corrected chi connectivity index (χ3v) is 6.40. The smallest absolute Gasteiger partial charge is 0.206 e. The molecule has 0 saturated carbocycles. The predicted molar refractivity (Wildman–Crippen MR) is 131 cm³/mol. The maximum absolute atomic E-state index is 15.2. The Morgan fingerprint density at radius 1 is 0.375 bits per heavy atom. The maximum atomic E-state index is 15.2. The zero-order valence-corrected chi connectivity index (χ0v) is 22.1. The quantitative estimate of drug-likeness (QED) is 0.0713. The molecule has 0 aliphatic heterocycles. The van der Waals surface area contributed by atoms with Crippen molar-refractivity contribution in [2.24, 2.45) is 9.98 Å². The molecule has 244 valence electrons. The van der Waals surface area contributed by atoms with Gasteiger partial charge in [-0.2, -0.15) is 29.3 Å². The number of fused-ring (bicyclic) bond motifs is 2. The summed E-state index contributed by atoms with van der Waals surface area (Å²) >= 11 is 0. The average molecular weight is 692 g/mol. The fraction of sp³-hybridized carbons (Fsp3) is 0. The van der Waals surface area contributed by atoms with Crippen molar-refractivity contribution in [2.45, 2.75) is 0 Å². The maximum Gasteiger partial charge on any atom is 0.206 e. The molecule has 1 aliphatic rings. The van der Waals surface area contributed by atoms with Gasteiger partial charge in [0.2, 0.25) is 35.5 Å². The van der Waals surface area contributed by atoms with Gasteiger partial charge in [0.05, 0.1) is 21.5 Å². The van der Waals surface area contributed by atoms with Gasteiger partial charge >= 0.3 is 0 Å². The highest BCUT2D eigenvalue weighted by Crippen LogP contribution is 2.41. The van der Waals surface area contributed by atoms with Crippen molar-refractivity contribution in [2.75, 3.05) is 0 Å². The first kappa shape index (κ1) is 33.2. The average Bonchev–Trinajstić information content (AvgIpc) is 3.05. The van der Waals surface area contributed by atoms with E-state index in [1.165, 1.54) is 0 Å². The lowest BCUT2D eigenvalue weighted by atomic mass is 10.0. The summed E-state index contributed by atoms with van der Waals surface area (Å²) in [6, 6.07) is 0. The van der Waals surface area contributed by atoms with Crippen LogP contribution in [0.2, 0.25) is 0 Å². The first-order valence-electron chi connectivity index (χ1n) is 12.0. The van der Waals surface area contributed by atoms with Crippen LogP contribution in [0.15, 0.2) is 33.7 Å². The van der Waals surface area contributed by atoms with Gasteiger partial charge in [0, 0.05) is 12.2 Å². The normalized spacial score (nSPS) is 14.8. The van der Waals surface area contributed by atoms with Gasteiger partial charge in [-0.1, -0.05) is 0 Å². The van der Waals surface area contributed by atoms with Crippen LogP contribution in [0.4, 0.5) is 61.5 Å². The molecule has 48 heavy (non-hydrogen) atoms. The second kappa shape index (κ2) is 11.9. The molecule has 0 aromatic heterocycles. The fourth-order valence-corrected chi connectivity index (χ4v) is 4.31. The summed E-state index contributed by atoms with van der Waals surface area (Å²) in [5, 5.41) is 10.1. The van der Waals surface area contributed by atoms with Crippen LogP contribution >= 0.6 is 0 Å². The van der Waals surface area contributed by atoms with Gasteiger partial charge in [-0.3, -0.25) is 0 Å². The molecule has 6 nitrogen and oxygen atoms in total. The van der Waals surface area contributed by atoms with Crippen molar-refractivity contribution in [3.63, 3.8) is 0 Å². The molecule has 0 bridgehead atoms. The molecule has 0 fully saturated rings. The third kappa shape index (κ3) is 4.80. The Morgan fingerprint density at radius 3 is 0.896 bits per heavy atom. The predicted octanol–water partition coefficient (Wildman–Crippen LogP) is 8.02. The highest BCUT2D eigenvalue weighted by molar-refractivity contribution is 6.23. The lowest BCUT2D eigenvalue weighted by Crippen LogP contribution is -2.22. The molecule has 0 saturated heterocycles. The molecule has 1 aliphatic carbocycles. The molecule has 0 N–H and O–H groups in total. The Labute approximate surface area is 254 Å². The van der Waals surface area contributed by atoms with E-state index in [0.717, 1.165) is 12.4 Å². The second-order valence-corrected chi connectivity index (χ2v) is 8.97. The molecule has 4 aromatic carbocycles. The molecule has 0 amide bonds. The van der Waals surface area contributed by atoms with E-state index in [4.69, 9.17) is 20.0 Å². The number of hydrogen-bond acceptors (Lipinski definition) is 6. The van der Waals surface area contributed by atoms with Crippen LogP contribution in [-0.4, -0.2) is 11.4 Å². The van der Waals surface area contributed by atoms with E-state index in [0.29, 0.717) is 12.2 Å². The van der Waals surface area contributed by atoms with Gasteiger partial charge in [0.15, 0.2) is 81.3 Å². The van der Waals surface area contributed by atoms with Gasteiger partial charge < -0.3 is 9.47 Å². The standard InChI is InChI=1S/C28H2F14N4O2/c29-13-9-11(15(31)23(39)21(13)37)19(35)27(25(41)17(9)33)47-7-1-5(45-3-43)8(2-6(7)46-4-44)48-28-20(36)12-10(18(34)26(28)42)14(30)22(38)24(40)16(12)32/h1-2H/b45-5-,46-6-. The summed E-state index contributed by atoms with van der Waals surface area (Å²) in [7, 11) is 0. The number of benzene rings is 4. The van der Waals surface area contributed by atoms with Gasteiger partial charge in [0.1, 0.15) is 11.4 Å². The zero-order chi connectivity index (χ0) is 35.5. The SMILES string of the molecule is N#C/N=C1C=C(Oc2c(F)c(F)c3c(F)c(F)c(F)c(F)c3c2F)/C(=N\C#N)C=C/1Oc1c(F)c(F)c2c(F)c(F)c(F)c(F)c2c1F. The number of rotatable bonds is 4. The Bertz CT molecular complexity index is 2210. The van der Waals surface area contributed by atoms with Crippen LogP contribution in [0.5, 0.6) is 11.5 Å². The number of nitriles is 2. The Kier molecular flexibility index (Phi) is 8.21. The van der Waals surface area contributed by atoms with Crippen LogP contribution in [0.1, 0.15) is 0 Å². The minimum atomic E-state index is -2.65. The fourth-order valence-electron chi connectivity index (χ4n) is 4.31. The van der Waals surface area contributed by atoms with E-state index in [9.17, 15) is 52.7 Å².